The van der Waals surface area contributed by atoms with Crippen molar-refractivity contribution in [3.05, 3.63) is 24.3 Å². The summed E-state index contributed by atoms with van der Waals surface area (Å²) in [5.74, 6) is 0. The molecule has 0 saturated heterocycles. The van der Waals surface area contributed by atoms with Crippen molar-refractivity contribution in [3.8, 4) is 0 Å². The number of allylic oxidation sites excluding steroid dienone is 4. The molecular formula is C21H40. The maximum atomic E-state index is 2.36. The van der Waals surface area contributed by atoms with E-state index in [2.05, 4.69) is 38.2 Å². The molecule has 0 aromatic heterocycles. The molecule has 124 valence electrons. The maximum Gasteiger partial charge on any atom is -0.0169 e. The molecule has 0 saturated carbocycles. The number of rotatable bonds is 16. The second kappa shape index (κ2) is 19.5. The van der Waals surface area contributed by atoms with Crippen molar-refractivity contribution in [2.24, 2.45) is 0 Å². The van der Waals surface area contributed by atoms with Crippen LogP contribution in [-0.2, 0) is 0 Å². The lowest BCUT2D eigenvalue weighted by molar-refractivity contribution is 0.545. The second-order valence-corrected chi connectivity index (χ2v) is 6.26. The van der Waals surface area contributed by atoms with Crippen LogP contribution < -0.4 is 0 Å². The highest BCUT2D eigenvalue weighted by Gasteiger charge is 1.92. The molecule has 0 aromatic carbocycles. The van der Waals surface area contributed by atoms with E-state index in [0.29, 0.717) is 0 Å². The Kier molecular flexibility index (Phi) is 19.0. The molecule has 0 nitrogen and oxygen atoms in total. The van der Waals surface area contributed by atoms with Crippen LogP contribution in [0.2, 0.25) is 0 Å². The molecule has 0 aliphatic rings. The highest BCUT2D eigenvalue weighted by molar-refractivity contribution is 4.92. The molecule has 0 aliphatic carbocycles. The van der Waals surface area contributed by atoms with Crippen LogP contribution in [0.5, 0.6) is 0 Å². The summed E-state index contributed by atoms with van der Waals surface area (Å²) in [6.45, 7) is 4.48. The fraction of sp³-hybridized carbons (Fsp3) is 0.810. The van der Waals surface area contributed by atoms with Crippen LogP contribution in [-0.4, -0.2) is 0 Å². The molecule has 0 amide bonds. The van der Waals surface area contributed by atoms with Gasteiger partial charge < -0.3 is 0 Å². The number of unbranched alkanes of at least 4 members (excludes halogenated alkanes) is 12. The molecule has 0 spiro atoms. The quantitative estimate of drug-likeness (QED) is 0.200. The highest BCUT2D eigenvalue weighted by atomic mass is 14.0. The molecule has 0 atom stereocenters. The Morgan fingerprint density at radius 2 is 0.952 bits per heavy atom. The van der Waals surface area contributed by atoms with Crippen LogP contribution in [0.3, 0.4) is 0 Å². The highest BCUT2D eigenvalue weighted by Crippen LogP contribution is 2.12. The SMILES string of the molecule is CC/C=C/C/C=C/CCCCCCCCCCCCCC. The molecule has 0 aliphatic heterocycles. The van der Waals surface area contributed by atoms with Gasteiger partial charge in [0.1, 0.15) is 0 Å². The van der Waals surface area contributed by atoms with Gasteiger partial charge in [0.2, 0.25) is 0 Å². The Morgan fingerprint density at radius 3 is 1.48 bits per heavy atom. The van der Waals surface area contributed by atoms with Crippen molar-refractivity contribution in [1.29, 1.82) is 0 Å². The van der Waals surface area contributed by atoms with Crippen molar-refractivity contribution < 1.29 is 0 Å². The van der Waals surface area contributed by atoms with Crippen molar-refractivity contribution in [3.63, 3.8) is 0 Å². The van der Waals surface area contributed by atoms with Gasteiger partial charge >= 0.3 is 0 Å². The topological polar surface area (TPSA) is 0 Å². The predicted molar refractivity (Wildman–Crippen MR) is 98.9 cm³/mol. The van der Waals surface area contributed by atoms with E-state index >= 15 is 0 Å². The van der Waals surface area contributed by atoms with E-state index in [1.807, 2.05) is 0 Å². The first-order valence-electron chi connectivity index (χ1n) is 9.71. The molecular weight excluding hydrogens is 252 g/mol. The molecule has 0 bridgehead atoms. The Labute approximate surface area is 135 Å². The first kappa shape index (κ1) is 20.5. The summed E-state index contributed by atoms with van der Waals surface area (Å²) in [4.78, 5) is 0. The number of hydrogen-bond acceptors (Lipinski definition) is 0. The van der Waals surface area contributed by atoms with Crippen LogP contribution in [0.1, 0.15) is 110 Å². The van der Waals surface area contributed by atoms with E-state index in [-0.39, 0.29) is 0 Å². The monoisotopic (exact) mass is 292 g/mol. The molecule has 0 rings (SSSR count). The molecule has 0 aromatic rings. The first-order chi connectivity index (χ1) is 10.4. The van der Waals surface area contributed by atoms with E-state index in [1.165, 1.54) is 83.5 Å². The lowest BCUT2D eigenvalue weighted by Crippen LogP contribution is -1.82. The van der Waals surface area contributed by atoms with Gasteiger partial charge in [0.15, 0.2) is 0 Å². The molecule has 0 N–H and O–H groups in total. The summed E-state index contributed by atoms with van der Waals surface area (Å²) in [6, 6.07) is 0. The summed E-state index contributed by atoms with van der Waals surface area (Å²) < 4.78 is 0. The summed E-state index contributed by atoms with van der Waals surface area (Å²) >= 11 is 0. The average Bonchev–Trinajstić information content (AvgIpc) is 2.50. The number of hydrogen-bond donors (Lipinski definition) is 0. The molecule has 0 radical (unpaired) electrons. The Morgan fingerprint density at radius 1 is 0.476 bits per heavy atom. The summed E-state index contributed by atoms with van der Waals surface area (Å²) in [7, 11) is 0. The summed E-state index contributed by atoms with van der Waals surface area (Å²) in [5, 5.41) is 0. The van der Waals surface area contributed by atoms with Gasteiger partial charge in [-0.15, -0.1) is 0 Å². The van der Waals surface area contributed by atoms with E-state index in [0.717, 1.165) is 12.8 Å². The summed E-state index contributed by atoms with van der Waals surface area (Å²) in [5.41, 5.74) is 0. The van der Waals surface area contributed by atoms with Gasteiger partial charge in [-0.05, 0) is 25.7 Å². The Balaban J connectivity index is 3.04. The second-order valence-electron chi connectivity index (χ2n) is 6.26. The molecule has 0 fully saturated rings. The Bertz CT molecular complexity index is 224. The van der Waals surface area contributed by atoms with Gasteiger partial charge in [0.05, 0.1) is 0 Å². The third kappa shape index (κ3) is 19.5. The van der Waals surface area contributed by atoms with Crippen molar-refractivity contribution in [2.75, 3.05) is 0 Å². The van der Waals surface area contributed by atoms with Gasteiger partial charge in [-0.25, -0.2) is 0 Å². The standard InChI is InChI=1S/C21H40/c1-3-5-7-9-11-13-15-17-19-21-20-18-16-14-12-10-8-6-4-2/h5,7,11,13H,3-4,6,8-10,12,14-21H2,1-2H3/b7-5+,13-11+. The van der Waals surface area contributed by atoms with E-state index in [9.17, 15) is 0 Å². The summed E-state index contributed by atoms with van der Waals surface area (Å²) in [6.07, 6.45) is 30.0. The lowest BCUT2D eigenvalue weighted by Gasteiger charge is -2.02. The van der Waals surface area contributed by atoms with Crippen LogP contribution in [0.15, 0.2) is 24.3 Å². The third-order valence-electron chi connectivity index (χ3n) is 4.07. The average molecular weight is 293 g/mol. The normalized spacial score (nSPS) is 11.9. The van der Waals surface area contributed by atoms with Crippen molar-refractivity contribution >= 4 is 0 Å². The fourth-order valence-corrected chi connectivity index (χ4v) is 2.66. The zero-order valence-corrected chi connectivity index (χ0v) is 14.9. The van der Waals surface area contributed by atoms with Crippen molar-refractivity contribution in [2.45, 2.75) is 110 Å². The largest absolute Gasteiger partial charge is 0.0885 e. The van der Waals surface area contributed by atoms with Gasteiger partial charge in [0.25, 0.3) is 0 Å². The van der Waals surface area contributed by atoms with Gasteiger partial charge in [-0.1, -0.05) is 109 Å². The fourth-order valence-electron chi connectivity index (χ4n) is 2.66. The minimum atomic E-state index is 1.12. The third-order valence-corrected chi connectivity index (χ3v) is 4.07. The van der Waals surface area contributed by atoms with Gasteiger partial charge in [-0.2, -0.15) is 0 Å². The molecule has 21 heavy (non-hydrogen) atoms. The van der Waals surface area contributed by atoms with Crippen LogP contribution >= 0.6 is 0 Å². The van der Waals surface area contributed by atoms with Gasteiger partial charge in [-0.3, -0.25) is 0 Å². The van der Waals surface area contributed by atoms with E-state index in [4.69, 9.17) is 0 Å². The molecule has 0 heteroatoms. The van der Waals surface area contributed by atoms with E-state index < -0.39 is 0 Å². The predicted octanol–water partition coefficient (Wildman–Crippen LogP) is 7.99. The Hall–Kier alpha value is -0.520. The van der Waals surface area contributed by atoms with E-state index in [1.54, 1.807) is 0 Å². The van der Waals surface area contributed by atoms with Crippen LogP contribution in [0.25, 0.3) is 0 Å². The smallest absolute Gasteiger partial charge is 0.0169 e. The maximum absolute atomic E-state index is 2.36. The molecule has 0 heterocycles. The molecule has 0 unspecified atom stereocenters. The van der Waals surface area contributed by atoms with Crippen LogP contribution in [0, 0.1) is 0 Å². The van der Waals surface area contributed by atoms with Crippen molar-refractivity contribution in [1.82, 2.24) is 0 Å². The minimum Gasteiger partial charge on any atom is -0.0885 e. The zero-order valence-electron chi connectivity index (χ0n) is 14.9. The first-order valence-corrected chi connectivity index (χ1v) is 9.71. The zero-order chi connectivity index (χ0) is 15.4. The lowest BCUT2D eigenvalue weighted by atomic mass is 10.0. The van der Waals surface area contributed by atoms with Gasteiger partial charge in [0, 0.05) is 0 Å². The van der Waals surface area contributed by atoms with Crippen LogP contribution in [0.4, 0.5) is 0 Å². The minimum absolute atomic E-state index is 1.12.